The Bertz CT molecular complexity index is 873. The van der Waals surface area contributed by atoms with Crippen LogP contribution in [0.25, 0.3) is 0 Å². The summed E-state index contributed by atoms with van der Waals surface area (Å²) in [5, 5.41) is 1.38. The average molecular weight is 466 g/mol. The van der Waals surface area contributed by atoms with Gasteiger partial charge in [-0.25, -0.2) is 0 Å². The lowest BCUT2D eigenvalue weighted by molar-refractivity contribution is 0.0614. The molecule has 166 valence electrons. The van der Waals surface area contributed by atoms with Crippen LogP contribution in [0.2, 0.25) is 17.1 Å². The number of fused-ring (bicyclic) bond motifs is 2. The second-order valence-electron chi connectivity index (χ2n) is 9.81. The number of allylic oxidation sites excluding steroid dienone is 2. The van der Waals surface area contributed by atoms with Crippen molar-refractivity contribution in [3.63, 3.8) is 0 Å². The van der Waals surface area contributed by atoms with E-state index in [2.05, 4.69) is 47.2 Å². The third-order valence-corrected chi connectivity index (χ3v) is 19.2. The van der Waals surface area contributed by atoms with Crippen LogP contribution in [0.4, 0.5) is 0 Å². The van der Waals surface area contributed by atoms with E-state index in [1.807, 2.05) is 12.1 Å². The molecule has 2 fully saturated rings. The summed E-state index contributed by atoms with van der Waals surface area (Å²) in [6.45, 7) is 13.4. The minimum atomic E-state index is -2.59. The molecule has 1 aliphatic carbocycles. The van der Waals surface area contributed by atoms with E-state index in [1.54, 1.807) is 12.1 Å². The van der Waals surface area contributed by atoms with Crippen molar-refractivity contribution in [1.82, 2.24) is 0 Å². The van der Waals surface area contributed by atoms with Crippen molar-refractivity contribution < 1.29 is 21.7 Å². The zero-order valence-corrected chi connectivity index (χ0v) is 21.6. The second kappa shape index (κ2) is 7.76. The van der Waals surface area contributed by atoms with Gasteiger partial charge in [0.15, 0.2) is 0 Å². The summed E-state index contributed by atoms with van der Waals surface area (Å²) in [5.41, 5.74) is 1.54. The molecule has 3 aliphatic rings. The Balaban J connectivity index is 1.62. The van der Waals surface area contributed by atoms with Crippen LogP contribution in [0.1, 0.15) is 65.4 Å². The monoisotopic (exact) mass is 465 g/mol. The van der Waals surface area contributed by atoms with E-state index < -0.39 is 28.2 Å². The predicted octanol–water partition coefficient (Wildman–Crippen LogP) is 5.20. The molecule has 0 aromatic heterocycles. The molecule has 0 radical (unpaired) electrons. The highest BCUT2D eigenvalue weighted by atomic mass is 32.2. The van der Waals surface area contributed by atoms with Crippen LogP contribution in [0.5, 0.6) is 0 Å². The molecule has 1 aromatic rings. The van der Waals surface area contributed by atoms with Gasteiger partial charge in [0.1, 0.15) is 0 Å². The topological polar surface area (TPSA) is 67.8 Å². The second-order valence-corrected chi connectivity index (χ2v) is 18.1. The van der Waals surface area contributed by atoms with Crippen LogP contribution in [0.15, 0.2) is 40.4 Å². The van der Waals surface area contributed by atoms with E-state index in [9.17, 15) is 8.76 Å². The molecular weight excluding hydrogens is 432 g/mol. The van der Waals surface area contributed by atoms with Crippen LogP contribution in [0.3, 0.4) is 0 Å². The van der Waals surface area contributed by atoms with Crippen molar-refractivity contribution in [3.05, 3.63) is 41.1 Å². The van der Waals surface area contributed by atoms with Gasteiger partial charge in [0.25, 0.3) is 0 Å². The Kier molecular flexibility index (Phi) is 5.84. The molecule has 0 N–H and O–H groups in total. The van der Waals surface area contributed by atoms with Gasteiger partial charge < -0.3 is 17.5 Å². The third-order valence-electron chi connectivity index (χ3n) is 8.00. The van der Waals surface area contributed by atoms with Crippen molar-refractivity contribution in [1.29, 1.82) is 0 Å². The Labute approximate surface area is 185 Å². The summed E-state index contributed by atoms with van der Waals surface area (Å²) >= 11 is -2.17. The van der Waals surface area contributed by atoms with E-state index in [1.165, 1.54) is 10.8 Å². The molecule has 7 atom stereocenters. The van der Waals surface area contributed by atoms with Gasteiger partial charge in [-0.3, -0.25) is 4.21 Å². The van der Waals surface area contributed by atoms with Crippen LogP contribution >= 0.6 is 0 Å². The van der Waals surface area contributed by atoms with E-state index in [0.717, 1.165) is 19.3 Å². The van der Waals surface area contributed by atoms with E-state index in [-0.39, 0.29) is 17.2 Å². The van der Waals surface area contributed by atoms with Gasteiger partial charge in [-0.05, 0) is 79.5 Å². The van der Waals surface area contributed by atoms with E-state index in [4.69, 9.17) is 13.0 Å². The first-order valence-electron chi connectivity index (χ1n) is 10.9. The van der Waals surface area contributed by atoms with Gasteiger partial charge in [-0.15, -0.1) is 0 Å². The number of rotatable bonds is 3. The van der Waals surface area contributed by atoms with Crippen LogP contribution in [-0.2, 0) is 24.0 Å². The first kappa shape index (κ1) is 22.6. The fraction of sp³-hybridized carbons (Fsp3) is 0.636. The first-order chi connectivity index (χ1) is 14.0. The fourth-order valence-electron chi connectivity index (χ4n) is 5.23. The molecule has 2 saturated heterocycles. The molecule has 2 heterocycles. The largest absolute Gasteiger partial charge is 0.768 e. The summed E-state index contributed by atoms with van der Waals surface area (Å²) in [7, 11) is -4.99. The van der Waals surface area contributed by atoms with Crippen molar-refractivity contribution in [2.45, 2.75) is 94.0 Å². The van der Waals surface area contributed by atoms with Crippen LogP contribution in [-0.4, -0.2) is 38.1 Å². The van der Waals surface area contributed by atoms with Gasteiger partial charge >= 0.3 is 17.1 Å². The predicted molar refractivity (Wildman–Crippen MR) is 121 cm³/mol. The van der Waals surface area contributed by atoms with E-state index in [0.29, 0.717) is 16.4 Å². The molecule has 4 rings (SSSR count). The highest BCUT2D eigenvalue weighted by Gasteiger charge is 2.72. The van der Waals surface area contributed by atoms with Gasteiger partial charge in [0.05, 0.1) is 12.2 Å². The molecular formula is C22H33O5SSi2-. The highest BCUT2D eigenvalue weighted by molar-refractivity contribution is 7.79. The van der Waals surface area contributed by atoms with Gasteiger partial charge in [-0.2, -0.15) is 0 Å². The van der Waals surface area contributed by atoms with Crippen LogP contribution < -0.4 is 0 Å². The summed E-state index contributed by atoms with van der Waals surface area (Å²) in [6.07, 6.45) is 5.39. The zero-order chi connectivity index (χ0) is 21.9. The molecule has 0 amide bonds. The molecule has 5 nitrogen and oxygen atoms in total. The standard InChI is InChI=1S/C22H34O5SSi2/c1-15-16(2)26-30(17(3)22(4,5)29(6,25-15)27-30)21-13-9-19(10-14-21)18-7-11-20(12-8-18)28(23)24/h7-8,11-13,15-17,19H,9-10,14H2,1-6H3,(H,23,24)/p-1. The van der Waals surface area contributed by atoms with Crippen molar-refractivity contribution in [3.8, 4) is 0 Å². The number of hydrogen-bond acceptors (Lipinski definition) is 5. The molecule has 2 aliphatic heterocycles. The lowest BCUT2D eigenvalue weighted by Crippen LogP contribution is -2.49. The highest BCUT2D eigenvalue weighted by Crippen LogP contribution is 2.64. The summed E-state index contributed by atoms with van der Waals surface area (Å²) in [6, 6.07) is 7.29. The normalized spacial score (nSPS) is 41.8. The number of hydrogen-bond donors (Lipinski definition) is 0. The third kappa shape index (κ3) is 3.45. The molecule has 7 unspecified atom stereocenters. The lowest BCUT2D eigenvalue weighted by Gasteiger charge is -2.42. The molecule has 0 spiro atoms. The Morgan fingerprint density at radius 2 is 1.73 bits per heavy atom. The lowest BCUT2D eigenvalue weighted by atomic mass is 9.88. The maximum atomic E-state index is 11.1. The zero-order valence-electron chi connectivity index (χ0n) is 18.8. The summed E-state index contributed by atoms with van der Waals surface area (Å²) < 4.78 is 42.6. The van der Waals surface area contributed by atoms with Crippen molar-refractivity contribution in [2.75, 3.05) is 0 Å². The molecule has 2 bridgehead atoms. The minimum Gasteiger partial charge on any atom is -0.768 e. The average Bonchev–Trinajstić information content (AvgIpc) is 2.79. The van der Waals surface area contributed by atoms with Crippen molar-refractivity contribution in [2.24, 2.45) is 0 Å². The minimum absolute atomic E-state index is 0.00484. The van der Waals surface area contributed by atoms with Gasteiger partial charge in [-0.1, -0.05) is 39.0 Å². The van der Waals surface area contributed by atoms with Gasteiger partial charge in [0, 0.05) is 15.5 Å². The molecule has 0 saturated carbocycles. The fourth-order valence-corrected chi connectivity index (χ4v) is 17.4. The van der Waals surface area contributed by atoms with Gasteiger partial charge in [0.2, 0.25) is 0 Å². The van der Waals surface area contributed by atoms with E-state index >= 15 is 0 Å². The Hall–Kier alpha value is -0.616. The summed E-state index contributed by atoms with van der Waals surface area (Å²) in [4.78, 5) is 0.340. The first-order valence-corrected chi connectivity index (χ1v) is 16.2. The summed E-state index contributed by atoms with van der Waals surface area (Å²) in [5.74, 6) is 0.403. The van der Waals surface area contributed by atoms with Crippen LogP contribution in [0, 0.1) is 0 Å². The smallest absolute Gasteiger partial charge is 0.362 e. The van der Waals surface area contributed by atoms with Crippen molar-refractivity contribution >= 4 is 28.2 Å². The Morgan fingerprint density at radius 3 is 2.30 bits per heavy atom. The quantitative estimate of drug-likeness (QED) is 0.453. The SMILES string of the molecule is CC1O[Si]2(C3=CCC(c4ccc(S(=O)[O-])cc4)CC3)O[Si](C)(OC1C)C(C)(C)C2C. The molecule has 30 heavy (non-hydrogen) atoms. The Morgan fingerprint density at radius 1 is 1.10 bits per heavy atom. The molecule has 1 aromatic carbocycles. The molecule has 8 heteroatoms. The maximum Gasteiger partial charge on any atom is 0.362 e. The number of benzene rings is 1. The maximum absolute atomic E-state index is 11.1.